The van der Waals surface area contributed by atoms with Crippen molar-refractivity contribution in [2.75, 3.05) is 7.11 Å². The average molecular weight is 267 g/mol. The summed E-state index contributed by atoms with van der Waals surface area (Å²) in [4.78, 5) is 14.8. The van der Waals surface area contributed by atoms with Crippen molar-refractivity contribution in [2.24, 2.45) is 5.73 Å². The van der Waals surface area contributed by atoms with Crippen LogP contribution in [0.4, 0.5) is 0 Å². The highest BCUT2D eigenvalue weighted by Gasteiger charge is 2.15. The van der Waals surface area contributed by atoms with E-state index in [1.165, 1.54) is 16.9 Å². The highest BCUT2D eigenvalue weighted by atomic mass is 32.1. The summed E-state index contributed by atoms with van der Waals surface area (Å²) in [5.41, 5.74) is 5.72. The fourth-order valence-corrected chi connectivity index (χ4v) is 3.39. The molecule has 5 heteroatoms. The Kier molecular flexibility index (Phi) is 3.93. The van der Waals surface area contributed by atoms with Gasteiger partial charge in [0.1, 0.15) is 6.04 Å². The molecule has 17 heavy (non-hydrogen) atoms. The minimum atomic E-state index is -0.574. The number of esters is 1. The molecule has 0 aliphatic rings. The lowest BCUT2D eigenvalue weighted by Crippen LogP contribution is -2.33. The zero-order valence-corrected chi connectivity index (χ0v) is 11.0. The van der Waals surface area contributed by atoms with Crippen molar-refractivity contribution >= 4 is 28.6 Å². The van der Waals surface area contributed by atoms with E-state index in [0.29, 0.717) is 6.42 Å². The molecule has 1 atom stereocenters. The third-order valence-corrected chi connectivity index (χ3v) is 4.52. The van der Waals surface area contributed by atoms with Gasteiger partial charge >= 0.3 is 5.97 Å². The Morgan fingerprint density at radius 1 is 1.41 bits per heavy atom. The molecule has 0 aliphatic heterocycles. The van der Waals surface area contributed by atoms with Crippen molar-refractivity contribution in [3.63, 3.8) is 0 Å². The Labute approximate surface area is 108 Å². The zero-order valence-electron chi connectivity index (χ0n) is 9.38. The van der Waals surface area contributed by atoms with Gasteiger partial charge in [0.05, 0.1) is 7.11 Å². The normalized spacial score (nSPS) is 12.4. The Bertz CT molecular complexity index is 490. The summed E-state index contributed by atoms with van der Waals surface area (Å²) in [5.74, 6) is -0.365. The molecule has 3 nitrogen and oxygen atoms in total. The van der Waals surface area contributed by atoms with Gasteiger partial charge in [-0.15, -0.1) is 22.7 Å². The highest BCUT2D eigenvalue weighted by Crippen LogP contribution is 2.31. The zero-order chi connectivity index (χ0) is 12.3. The highest BCUT2D eigenvalue weighted by molar-refractivity contribution is 7.21. The van der Waals surface area contributed by atoms with Crippen molar-refractivity contribution in [3.8, 4) is 9.75 Å². The van der Waals surface area contributed by atoms with Crippen LogP contribution < -0.4 is 5.73 Å². The topological polar surface area (TPSA) is 52.3 Å². The standard InChI is InChI=1S/C12H13NO2S2/c1-15-12(14)9(13)7-8-4-5-11(17-8)10-3-2-6-16-10/h2-6,9H,7,13H2,1H3. The number of rotatable bonds is 4. The summed E-state index contributed by atoms with van der Waals surface area (Å²) >= 11 is 3.38. The molecule has 2 aromatic heterocycles. The van der Waals surface area contributed by atoms with Crippen LogP contribution in [0.3, 0.4) is 0 Å². The quantitative estimate of drug-likeness (QED) is 0.866. The maximum atomic E-state index is 11.2. The van der Waals surface area contributed by atoms with Gasteiger partial charge in [-0.1, -0.05) is 6.07 Å². The van der Waals surface area contributed by atoms with Crippen LogP contribution in [0.5, 0.6) is 0 Å². The van der Waals surface area contributed by atoms with Gasteiger partial charge in [0.15, 0.2) is 0 Å². The Morgan fingerprint density at radius 3 is 2.88 bits per heavy atom. The minimum absolute atomic E-state index is 0.365. The molecule has 0 fully saturated rings. The fraction of sp³-hybridized carbons (Fsp3) is 0.250. The van der Waals surface area contributed by atoms with Gasteiger partial charge in [-0.3, -0.25) is 4.79 Å². The number of hydrogen-bond donors (Lipinski definition) is 1. The largest absolute Gasteiger partial charge is 0.468 e. The predicted molar refractivity (Wildman–Crippen MR) is 71.3 cm³/mol. The Hall–Kier alpha value is -1.17. The second-order valence-electron chi connectivity index (χ2n) is 3.58. The monoisotopic (exact) mass is 267 g/mol. The van der Waals surface area contributed by atoms with Gasteiger partial charge in [0.25, 0.3) is 0 Å². The summed E-state index contributed by atoms with van der Waals surface area (Å²) < 4.78 is 4.61. The second-order valence-corrected chi connectivity index (χ2v) is 5.69. The maximum Gasteiger partial charge on any atom is 0.323 e. The smallest absolute Gasteiger partial charge is 0.323 e. The molecule has 0 saturated heterocycles. The van der Waals surface area contributed by atoms with Gasteiger partial charge in [0.2, 0.25) is 0 Å². The first-order chi connectivity index (χ1) is 8.20. The summed E-state index contributed by atoms with van der Waals surface area (Å²) in [6, 6.07) is 7.62. The van der Waals surface area contributed by atoms with Crippen LogP contribution in [0, 0.1) is 0 Å². The number of thiophene rings is 2. The fourth-order valence-electron chi connectivity index (χ4n) is 1.49. The minimum Gasteiger partial charge on any atom is -0.468 e. The number of hydrogen-bond acceptors (Lipinski definition) is 5. The van der Waals surface area contributed by atoms with Gasteiger partial charge in [0, 0.05) is 21.1 Å². The molecule has 0 spiro atoms. The molecular formula is C12H13NO2S2. The van der Waals surface area contributed by atoms with Gasteiger partial charge < -0.3 is 10.5 Å². The van der Waals surface area contributed by atoms with Crippen molar-refractivity contribution < 1.29 is 9.53 Å². The molecule has 0 saturated carbocycles. The van der Waals surface area contributed by atoms with E-state index in [0.717, 1.165) is 4.88 Å². The van der Waals surface area contributed by atoms with Crippen molar-refractivity contribution in [1.82, 2.24) is 0 Å². The lowest BCUT2D eigenvalue weighted by atomic mass is 10.2. The first kappa shape index (κ1) is 12.3. The average Bonchev–Trinajstić information content (AvgIpc) is 2.97. The third-order valence-electron chi connectivity index (χ3n) is 2.35. The van der Waals surface area contributed by atoms with Crippen molar-refractivity contribution in [3.05, 3.63) is 34.5 Å². The Morgan fingerprint density at radius 2 is 2.24 bits per heavy atom. The van der Waals surface area contributed by atoms with E-state index in [9.17, 15) is 4.79 Å². The number of carbonyl (C=O) groups excluding carboxylic acids is 1. The summed E-state index contributed by atoms with van der Waals surface area (Å²) in [7, 11) is 1.35. The van der Waals surface area contributed by atoms with Crippen LogP contribution in [0.15, 0.2) is 29.6 Å². The van der Waals surface area contributed by atoms with E-state index in [4.69, 9.17) is 5.73 Å². The molecule has 0 aliphatic carbocycles. The van der Waals surface area contributed by atoms with E-state index >= 15 is 0 Å². The van der Waals surface area contributed by atoms with Gasteiger partial charge in [-0.25, -0.2) is 0 Å². The molecule has 0 aromatic carbocycles. The van der Waals surface area contributed by atoms with Crippen LogP contribution in [-0.2, 0) is 16.0 Å². The molecule has 2 N–H and O–H groups in total. The number of nitrogens with two attached hydrogens (primary N) is 1. The molecule has 0 amide bonds. The molecular weight excluding hydrogens is 254 g/mol. The molecule has 2 heterocycles. The first-order valence-corrected chi connectivity index (χ1v) is 6.86. The van der Waals surface area contributed by atoms with Crippen LogP contribution >= 0.6 is 22.7 Å². The number of methoxy groups -OCH3 is 1. The maximum absolute atomic E-state index is 11.2. The van der Waals surface area contributed by atoms with Crippen LogP contribution in [0.1, 0.15) is 4.88 Å². The first-order valence-electron chi connectivity index (χ1n) is 5.16. The van der Waals surface area contributed by atoms with E-state index in [-0.39, 0.29) is 5.97 Å². The van der Waals surface area contributed by atoms with Gasteiger partial charge in [-0.2, -0.15) is 0 Å². The second kappa shape index (κ2) is 5.44. The summed E-state index contributed by atoms with van der Waals surface area (Å²) in [6.45, 7) is 0. The van der Waals surface area contributed by atoms with E-state index in [1.54, 1.807) is 22.7 Å². The third kappa shape index (κ3) is 2.94. The Balaban J connectivity index is 2.06. The SMILES string of the molecule is COC(=O)C(N)Cc1ccc(-c2cccs2)s1. The molecule has 2 rings (SSSR count). The lowest BCUT2D eigenvalue weighted by molar-refractivity contribution is -0.142. The molecule has 2 aromatic rings. The summed E-state index contributed by atoms with van der Waals surface area (Å²) in [5, 5.41) is 2.05. The van der Waals surface area contributed by atoms with Crippen LogP contribution in [0.2, 0.25) is 0 Å². The molecule has 1 unspecified atom stereocenters. The van der Waals surface area contributed by atoms with Crippen LogP contribution in [-0.4, -0.2) is 19.1 Å². The lowest BCUT2D eigenvalue weighted by Gasteiger charge is -2.06. The predicted octanol–water partition coefficient (Wildman–Crippen LogP) is 2.52. The van der Waals surface area contributed by atoms with Crippen molar-refractivity contribution in [1.29, 1.82) is 0 Å². The van der Waals surface area contributed by atoms with E-state index < -0.39 is 6.04 Å². The van der Waals surface area contributed by atoms with E-state index in [2.05, 4.69) is 22.2 Å². The van der Waals surface area contributed by atoms with E-state index in [1.807, 2.05) is 12.1 Å². The molecule has 0 radical (unpaired) electrons. The number of carbonyl (C=O) groups is 1. The van der Waals surface area contributed by atoms with Crippen molar-refractivity contribution in [2.45, 2.75) is 12.5 Å². The van der Waals surface area contributed by atoms with Gasteiger partial charge in [-0.05, 0) is 23.6 Å². The summed E-state index contributed by atoms with van der Waals surface area (Å²) in [6.07, 6.45) is 0.530. The number of ether oxygens (including phenoxy) is 1. The molecule has 0 bridgehead atoms. The van der Waals surface area contributed by atoms with Crippen LogP contribution in [0.25, 0.3) is 9.75 Å². The molecule has 90 valence electrons.